The van der Waals surface area contributed by atoms with Crippen LogP contribution < -0.4 is 9.62 Å². The third-order valence-corrected chi connectivity index (χ3v) is 9.28. The van der Waals surface area contributed by atoms with Crippen LogP contribution in [-0.4, -0.2) is 43.3 Å². The summed E-state index contributed by atoms with van der Waals surface area (Å²) in [5.74, 6) is -0.881. The lowest BCUT2D eigenvalue weighted by Crippen LogP contribution is -2.56. The topological polar surface area (TPSA) is 86.8 Å². The maximum atomic E-state index is 14.5. The summed E-state index contributed by atoms with van der Waals surface area (Å²) >= 11 is 9.57. The van der Waals surface area contributed by atoms with E-state index in [1.54, 1.807) is 66.7 Å². The molecule has 2 amide bonds. The maximum Gasteiger partial charge on any atom is 0.264 e. The summed E-state index contributed by atoms with van der Waals surface area (Å²) in [4.78, 5) is 29.9. The van der Waals surface area contributed by atoms with Crippen LogP contribution in [0.3, 0.4) is 0 Å². The van der Waals surface area contributed by atoms with Gasteiger partial charge in [0.05, 0.1) is 10.6 Å². The SMILES string of the molecule is CC(C)(C)NC(=O)C(Cc1ccccc1)N(Cc1ccc(Cl)cc1)C(=O)CN(c1cccc(Br)c1)S(=O)(=O)c1ccccc1. The van der Waals surface area contributed by atoms with E-state index in [2.05, 4.69) is 21.2 Å². The van der Waals surface area contributed by atoms with Crippen LogP contribution in [0.15, 0.2) is 119 Å². The number of carbonyl (C=O) groups excluding carboxylic acids is 2. The van der Waals surface area contributed by atoms with Gasteiger partial charge in [0.2, 0.25) is 11.8 Å². The number of amides is 2. The van der Waals surface area contributed by atoms with Crippen LogP contribution in [-0.2, 0) is 32.6 Å². The molecule has 4 rings (SSSR count). The third kappa shape index (κ3) is 8.94. The quantitative estimate of drug-likeness (QED) is 0.186. The standard InChI is InChI=1S/C34H35BrClN3O4S/c1-34(2,3)37-33(41)31(21-25-11-6-4-7-12-25)38(23-26-17-19-28(36)20-18-26)32(40)24-39(29-14-10-13-27(35)22-29)44(42,43)30-15-8-5-9-16-30/h4-20,22,31H,21,23-24H2,1-3H3,(H,37,41). The van der Waals surface area contributed by atoms with Gasteiger partial charge >= 0.3 is 0 Å². The summed E-state index contributed by atoms with van der Waals surface area (Å²) in [6.07, 6.45) is 0.227. The molecule has 0 saturated heterocycles. The molecule has 0 heterocycles. The minimum absolute atomic E-state index is 0.0448. The number of hydrogen-bond acceptors (Lipinski definition) is 4. The molecule has 7 nitrogen and oxygen atoms in total. The molecule has 1 N–H and O–H groups in total. The molecule has 1 atom stereocenters. The van der Waals surface area contributed by atoms with E-state index in [0.717, 1.165) is 15.4 Å². The van der Waals surface area contributed by atoms with Gasteiger partial charge in [0.15, 0.2) is 0 Å². The molecule has 4 aromatic rings. The van der Waals surface area contributed by atoms with Crippen molar-refractivity contribution in [1.82, 2.24) is 10.2 Å². The fourth-order valence-electron chi connectivity index (χ4n) is 4.67. The zero-order chi connectivity index (χ0) is 31.9. The number of hydrogen-bond donors (Lipinski definition) is 1. The van der Waals surface area contributed by atoms with Gasteiger partial charge in [-0.2, -0.15) is 0 Å². The predicted molar refractivity (Wildman–Crippen MR) is 179 cm³/mol. The van der Waals surface area contributed by atoms with Crippen molar-refractivity contribution in [3.05, 3.63) is 130 Å². The number of anilines is 1. The zero-order valence-electron chi connectivity index (χ0n) is 24.8. The number of rotatable bonds is 11. The molecule has 0 aliphatic heterocycles. The van der Waals surface area contributed by atoms with Gasteiger partial charge < -0.3 is 10.2 Å². The van der Waals surface area contributed by atoms with Crippen LogP contribution in [0.1, 0.15) is 31.9 Å². The van der Waals surface area contributed by atoms with Crippen molar-refractivity contribution < 1.29 is 18.0 Å². The second kappa shape index (κ2) is 14.4. The first-order chi connectivity index (χ1) is 20.8. The Morgan fingerprint density at radius 3 is 2.05 bits per heavy atom. The van der Waals surface area contributed by atoms with E-state index in [9.17, 15) is 18.0 Å². The lowest BCUT2D eigenvalue weighted by molar-refractivity contribution is -0.140. The van der Waals surface area contributed by atoms with Crippen molar-refractivity contribution >= 4 is 55.1 Å². The second-order valence-electron chi connectivity index (χ2n) is 11.4. The first-order valence-corrected chi connectivity index (χ1v) is 16.7. The van der Waals surface area contributed by atoms with Gasteiger partial charge in [0, 0.05) is 28.0 Å². The van der Waals surface area contributed by atoms with Crippen molar-refractivity contribution in [2.75, 3.05) is 10.8 Å². The van der Waals surface area contributed by atoms with Gasteiger partial charge in [-0.05, 0) is 74.4 Å². The highest BCUT2D eigenvalue weighted by Gasteiger charge is 2.35. The summed E-state index contributed by atoms with van der Waals surface area (Å²) in [6.45, 7) is 5.14. The minimum atomic E-state index is -4.16. The van der Waals surface area contributed by atoms with E-state index >= 15 is 0 Å². The van der Waals surface area contributed by atoms with Gasteiger partial charge in [-0.3, -0.25) is 13.9 Å². The molecule has 4 aromatic carbocycles. The van der Waals surface area contributed by atoms with Gasteiger partial charge in [0.1, 0.15) is 12.6 Å². The van der Waals surface area contributed by atoms with Gasteiger partial charge in [0.25, 0.3) is 10.0 Å². The molecule has 0 radical (unpaired) electrons. The van der Waals surface area contributed by atoms with E-state index in [0.29, 0.717) is 15.2 Å². The summed E-state index contributed by atoms with van der Waals surface area (Å²) in [7, 11) is -4.16. The number of benzene rings is 4. The molecule has 0 spiro atoms. The molecule has 0 bridgehead atoms. The Labute approximate surface area is 273 Å². The molecular weight excluding hydrogens is 662 g/mol. The largest absolute Gasteiger partial charge is 0.350 e. The Morgan fingerprint density at radius 1 is 0.841 bits per heavy atom. The molecule has 0 aliphatic carbocycles. The van der Waals surface area contributed by atoms with Crippen molar-refractivity contribution in [1.29, 1.82) is 0 Å². The molecule has 230 valence electrons. The average molecular weight is 697 g/mol. The zero-order valence-corrected chi connectivity index (χ0v) is 27.9. The van der Waals surface area contributed by atoms with Gasteiger partial charge in [-0.1, -0.05) is 94.3 Å². The highest BCUT2D eigenvalue weighted by molar-refractivity contribution is 9.10. The third-order valence-electron chi connectivity index (χ3n) is 6.74. The maximum absolute atomic E-state index is 14.5. The number of nitrogens with zero attached hydrogens (tertiary/aromatic N) is 2. The average Bonchev–Trinajstić information content (AvgIpc) is 2.98. The molecule has 10 heteroatoms. The van der Waals surface area contributed by atoms with E-state index < -0.39 is 34.1 Å². The molecule has 1 unspecified atom stereocenters. The first kappa shape index (κ1) is 33.2. The Morgan fingerprint density at radius 2 is 1.45 bits per heavy atom. The monoisotopic (exact) mass is 695 g/mol. The molecule has 0 fully saturated rings. The lowest BCUT2D eigenvalue weighted by Gasteiger charge is -2.35. The van der Waals surface area contributed by atoms with Gasteiger partial charge in [-0.25, -0.2) is 8.42 Å². The minimum Gasteiger partial charge on any atom is -0.350 e. The van der Waals surface area contributed by atoms with E-state index in [1.165, 1.54) is 17.0 Å². The van der Waals surface area contributed by atoms with E-state index in [1.807, 2.05) is 51.1 Å². The van der Waals surface area contributed by atoms with Crippen LogP contribution in [0.25, 0.3) is 0 Å². The second-order valence-corrected chi connectivity index (χ2v) is 14.6. The number of halogens is 2. The summed E-state index contributed by atoms with van der Waals surface area (Å²) in [5, 5.41) is 3.56. The fourth-order valence-corrected chi connectivity index (χ4v) is 6.61. The van der Waals surface area contributed by atoms with Crippen LogP contribution >= 0.6 is 27.5 Å². The van der Waals surface area contributed by atoms with E-state index in [-0.39, 0.29) is 23.8 Å². The van der Waals surface area contributed by atoms with Crippen LogP contribution in [0, 0.1) is 0 Å². The Balaban J connectivity index is 1.81. The number of sulfonamides is 1. The Kier molecular flexibility index (Phi) is 10.9. The smallest absolute Gasteiger partial charge is 0.264 e. The van der Waals surface area contributed by atoms with E-state index in [4.69, 9.17) is 11.6 Å². The molecule has 44 heavy (non-hydrogen) atoms. The fraction of sp³-hybridized carbons (Fsp3) is 0.235. The Bertz CT molecular complexity index is 1680. The van der Waals surface area contributed by atoms with Crippen LogP contribution in [0.5, 0.6) is 0 Å². The molecule has 0 aromatic heterocycles. The van der Waals surface area contributed by atoms with Crippen molar-refractivity contribution in [3.8, 4) is 0 Å². The number of nitrogens with one attached hydrogen (secondary N) is 1. The summed E-state index contributed by atoms with van der Waals surface area (Å²) < 4.78 is 29.8. The van der Waals surface area contributed by atoms with Crippen molar-refractivity contribution in [3.63, 3.8) is 0 Å². The highest BCUT2D eigenvalue weighted by Crippen LogP contribution is 2.27. The predicted octanol–water partition coefficient (Wildman–Crippen LogP) is 6.85. The van der Waals surface area contributed by atoms with Crippen LogP contribution in [0.4, 0.5) is 5.69 Å². The first-order valence-electron chi connectivity index (χ1n) is 14.1. The summed E-state index contributed by atoms with van der Waals surface area (Å²) in [5.41, 5.74) is 1.34. The molecular formula is C34H35BrClN3O4S. The molecule has 0 saturated carbocycles. The lowest BCUT2D eigenvalue weighted by atomic mass is 10.0. The normalized spacial score (nSPS) is 12.3. The van der Waals surface area contributed by atoms with Crippen molar-refractivity contribution in [2.24, 2.45) is 0 Å². The number of carbonyl (C=O) groups is 2. The molecule has 0 aliphatic rings. The summed E-state index contributed by atoms with van der Waals surface area (Å²) in [6, 6.07) is 30.2. The van der Waals surface area contributed by atoms with Crippen LogP contribution in [0.2, 0.25) is 5.02 Å². The van der Waals surface area contributed by atoms with Gasteiger partial charge in [-0.15, -0.1) is 0 Å². The highest BCUT2D eigenvalue weighted by atomic mass is 79.9. The van der Waals surface area contributed by atoms with Crippen molar-refractivity contribution in [2.45, 2.75) is 50.2 Å². The Hall–Kier alpha value is -3.66.